The first-order valence-electron chi connectivity index (χ1n) is 4.23. The van der Waals surface area contributed by atoms with Crippen LogP contribution in [0.25, 0.3) is 5.52 Å². The average molecular weight is 171 g/mol. The van der Waals surface area contributed by atoms with Gasteiger partial charge in [0.05, 0.1) is 5.52 Å². The number of nitrogens with zero attached hydrogens (tertiary/aromatic N) is 3. The van der Waals surface area contributed by atoms with Gasteiger partial charge in [0.15, 0.2) is 5.69 Å². The number of aromatic nitrogens is 2. The van der Waals surface area contributed by atoms with Crippen molar-refractivity contribution < 1.29 is 0 Å². The number of pyridine rings is 1. The van der Waals surface area contributed by atoms with Gasteiger partial charge in [-0.3, -0.25) is 0 Å². The quantitative estimate of drug-likeness (QED) is 0.656. The molecule has 2 heterocycles. The van der Waals surface area contributed by atoms with E-state index < -0.39 is 0 Å². The van der Waals surface area contributed by atoms with Crippen LogP contribution in [0.2, 0.25) is 0 Å². The van der Waals surface area contributed by atoms with E-state index in [0.717, 1.165) is 17.8 Å². The minimum Gasteiger partial charge on any atom is -0.302 e. The third-order valence-corrected chi connectivity index (χ3v) is 2.04. The summed E-state index contributed by atoms with van der Waals surface area (Å²) in [6.07, 6.45) is 2.77. The molecule has 0 saturated heterocycles. The first-order valence-corrected chi connectivity index (χ1v) is 4.23. The monoisotopic (exact) mass is 171 g/mol. The number of nitriles is 1. The van der Waals surface area contributed by atoms with E-state index >= 15 is 0 Å². The standard InChI is InChI=1S/C10H9N3/c1-2-10-12-8(7-11)9-5-3-4-6-13(9)10/h3-6H,2H2,1H3. The van der Waals surface area contributed by atoms with Crippen molar-refractivity contribution in [2.75, 3.05) is 0 Å². The molecule has 0 aliphatic rings. The van der Waals surface area contributed by atoms with Crippen molar-refractivity contribution >= 4 is 5.52 Å². The van der Waals surface area contributed by atoms with Crippen LogP contribution < -0.4 is 0 Å². The third kappa shape index (κ3) is 1.07. The van der Waals surface area contributed by atoms with Gasteiger partial charge in [0.25, 0.3) is 0 Å². The Morgan fingerprint density at radius 1 is 1.54 bits per heavy atom. The molecule has 0 aromatic carbocycles. The lowest BCUT2D eigenvalue weighted by Gasteiger charge is -1.94. The molecule has 0 aliphatic heterocycles. The number of rotatable bonds is 1. The topological polar surface area (TPSA) is 41.1 Å². The van der Waals surface area contributed by atoms with E-state index in [4.69, 9.17) is 5.26 Å². The van der Waals surface area contributed by atoms with Gasteiger partial charge >= 0.3 is 0 Å². The summed E-state index contributed by atoms with van der Waals surface area (Å²) in [5.41, 5.74) is 1.40. The fraction of sp³-hybridized carbons (Fsp3) is 0.200. The molecule has 2 aromatic heterocycles. The van der Waals surface area contributed by atoms with Crippen molar-refractivity contribution in [2.45, 2.75) is 13.3 Å². The molecule has 0 aliphatic carbocycles. The van der Waals surface area contributed by atoms with E-state index in [9.17, 15) is 0 Å². The SMILES string of the molecule is CCc1nc(C#N)c2ccccn12. The smallest absolute Gasteiger partial charge is 0.166 e. The summed E-state index contributed by atoms with van der Waals surface area (Å²) in [4.78, 5) is 4.23. The van der Waals surface area contributed by atoms with Crippen LogP contribution >= 0.6 is 0 Å². The molecule has 0 N–H and O–H groups in total. The second-order valence-electron chi connectivity index (χ2n) is 2.80. The molecule has 0 saturated carbocycles. The summed E-state index contributed by atoms with van der Waals surface area (Å²) in [5, 5.41) is 8.82. The van der Waals surface area contributed by atoms with Crippen LogP contribution in [0, 0.1) is 11.3 Å². The minimum atomic E-state index is 0.512. The van der Waals surface area contributed by atoms with Crippen molar-refractivity contribution in [3.63, 3.8) is 0 Å². The predicted octanol–water partition coefficient (Wildman–Crippen LogP) is 1.77. The highest BCUT2D eigenvalue weighted by Gasteiger charge is 2.06. The van der Waals surface area contributed by atoms with Gasteiger partial charge < -0.3 is 4.40 Å². The second-order valence-corrected chi connectivity index (χ2v) is 2.80. The Bertz CT molecular complexity index is 476. The van der Waals surface area contributed by atoms with E-state index in [-0.39, 0.29) is 0 Å². The van der Waals surface area contributed by atoms with Gasteiger partial charge in [0.2, 0.25) is 0 Å². The molecule has 0 atom stereocenters. The summed E-state index contributed by atoms with van der Waals surface area (Å²) in [7, 11) is 0. The van der Waals surface area contributed by atoms with Crippen molar-refractivity contribution in [3.05, 3.63) is 35.9 Å². The molecular weight excluding hydrogens is 162 g/mol. The molecule has 3 nitrogen and oxygen atoms in total. The van der Waals surface area contributed by atoms with Crippen molar-refractivity contribution in [2.24, 2.45) is 0 Å². The predicted molar refractivity (Wildman–Crippen MR) is 49.3 cm³/mol. The lowest BCUT2D eigenvalue weighted by molar-refractivity contribution is 0.932. The normalized spacial score (nSPS) is 10.2. The number of aryl methyl sites for hydroxylation is 1. The highest BCUT2D eigenvalue weighted by molar-refractivity contribution is 5.58. The largest absolute Gasteiger partial charge is 0.302 e. The van der Waals surface area contributed by atoms with E-state index in [0.29, 0.717) is 5.69 Å². The molecule has 0 unspecified atom stereocenters. The zero-order chi connectivity index (χ0) is 9.26. The summed E-state index contributed by atoms with van der Waals surface area (Å²) in [6, 6.07) is 7.85. The van der Waals surface area contributed by atoms with Gasteiger partial charge in [-0.05, 0) is 12.1 Å². The molecule has 64 valence electrons. The molecule has 0 amide bonds. The van der Waals surface area contributed by atoms with Crippen LogP contribution in [0.1, 0.15) is 18.4 Å². The van der Waals surface area contributed by atoms with Crippen molar-refractivity contribution in [1.29, 1.82) is 5.26 Å². The Balaban J connectivity index is 2.84. The van der Waals surface area contributed by atoms with Gasteiger partial charge in [0, 0.05) is 12.6 Å². The molecule has 0 bridgehead atoms. The third-order valence-electron chi connectivity index (χ3n) is 2.04. The Labute approximate surface area is 76.3 Å². The van der Waals surface area contributed by atoms with Crippen LogP contribution in [0.4, 0.5) is 0 Å². The number of imidazole rings is 1. The van der Waals surface area contributed by atoms with Crippen LogP contribution in [0.15, 0.2) is 24.4 Å². The molecule has 3 heteroatoms. The highest BCUT2D eigenvalue weighted by Crippen LogP contribution is 2.11. The maximum atomic E-state index is 8.82. The molecular formula is C10H9N3. The molecule has 2 aromatic rings. The molecule has 0 fully saturated rings. The van der Waals surface area contributed by atoms with E-state index in [1.165, 1.54) is 0 Å². The fourth-order valence-electron chi connectivity index (χ4n) is 1.43. The average Bonchev–Trinajstić information content (AvgIpc) is 2.56. The maximum Gasteiger partial charge on any atom is 0.166 e. The molecule has 0 radical (unpaired) electrons. The van der Waals surface area contributed by atoms with Gasteiger partial charge in [-0.2, -0.15) is 5.26 Å². The van der Waals surface area contributed by atoms with Gasteiger partial charge in [-0.25, -0.2) is 4.98 Å². The lowest BCUT2D eigenvalue weighted by Crippen LogP contribution is -1.90. The zero-order valence-electron chi connectivity index (χ0n) is 7.36. The van der Waals surface area contributed by atoms with Crippen molar-refractivity contribution in [3.8, 4) is 6.07 Å². The number of hydrogen-bond donors (Lipinski definition) is 0. The van der Waals surface area contributed by atoms with E-state index in [1.54, 1.807) is 0 Å². The Morgan fingerprint density at radius 3 is 3.08 bits per heavy atom. The van der Waals surface area contributed by atoms with Gasteiger partial charge in [-0.1, -0.05) is 13.0 Å². The van der Waals surface area contributed by atoms with Crippen LogP contribution in [-0.2, 0) is 6.42 Å². The van der Waals surface area contributed by atoms with Crippen molar-refractivity contribution in [1.82, 2.24) is 9.38 Å². The van der Waals surface area contributed by atoms with Gasteiger partial charge in [-0.15, -0.1) is 0 Å². The van der Waals surface area contributed by atoms with E-state index in [2.05, 4.69) is 11.1 Å². The Kier molecular flexibility index (Phi) is 1.75. The first kappa shape index (κ1) is 7.81. The first-order chi connectivity index (χ1) is 6.36. The fourth-order valence-corrected chi connectivity index (χ4v) is 1.43. The molecule has 13 heavy (non-hydrogen) atoms. The molecule has 2 rings (SSSR count). The number of hydrogen-bond acceptors (Lipinski definition) is 2. The Morgan fingerprint density at radius 2 is 2.38 bits per heavy atom. The summed E-state index contributed by atoms with van der Waals surface area (Å²) in [6.45, 7) is 2.03. The summed E-state index contributed by atoms with van der Waals surface area (Å²) in [5.74, 6) is 0.937. The minimum absolute atomic E-state index is 0.512. The summed E-state index contributed by atoms with van der Waals surface area (Å²) < 4.78 is 1.96. The lowest BCUT2D eigenvalue weighted by atomic mass is 10.3. The maximum absolute atomic E-state index is 8.82. The van der Waals surface area contributed by atoms with Gasteiger partial charge in [0.1, 0.15) is 11.9 Å². The van der Waals surface area contributed by atoms with E-state index in [1.807, 2.05) is 35.7 Å². The summed E-state index contributed by atoms with van der Waals surface area (Å²) >= 11 is 0. The van der Waals surface area contributed by atoms with Crippen LogP contribution in [-0.4, -0.2) is 9.38 Å². The second kappa shape index (κ2) is 2.91. The zero-order valence-corrected chi connectivity index (χ0v) is 7.36. The highest BCUT2D eigenvalue weighted by atomic mass is 15.0. The molecule has 0 spiro atoms. The Hall–Kier alpha value is -1.82. The van der Waals surface area contributed by atoms with Crippen LogP contribution in [0.3, 0.4) is 0 Å². The van der Waals surface area contributed by atoms with Crippen LogP contribution in [0.5, 0.6) is 0 Å². The number of fused-ring (bicyclic) bond motifs is 1.